The van der Waals surface area contributed by atoms with Gasteiger partial charge in [-0.1, -0.05) is 24.2 Å². The Morgan fingerprint density at radius 2 is 2.21 bits per heavy atom. The normalized spacial score (nSPS) is 11.5. The standard InChI is InChI=1S/C11H16N2O/c1-4-10(13-14-3)11-8(2)6-5-7-9(11)12/h5-7H,4,12H2,1-3H3/b13-10+. The first-order valence-corrected chi connectivity index (χ1v) is 4.66. The van der Waals surface area contributed by atoms with Crippen molar-refractivity contribution in [3.05, 3.63) is 29.3 Å². The van der Waals surface area contributed by atoms with Gasteiger partial charge in [0.2, 0.25) is 0 Å². The van der Waals surface area contributed by atoms with Gasteiger partial charge in [-0.2, -0.15) is 0 Å². The minimum absolute atomic E-state index is 0.752. The number of hydrogen-bond donors (Lipinski definition) is 1. The topological polar surface area (TPSA) is 47.6 Å². The number of hydrogen-bond acceptors (Lipinski definition) is 3. The fourth-order valence-electron chi connectivity index (χ4n) is 1.48. The van der Waals surface area contributed by atoms with E-state index in [1.165, 1.54) is 0 Å². The van der Waals surface area contributed by atoms with Crippen LogP contribution in [-0.4, -0.2) is 12.8 Å². The molecule has 2 N–H and O–H groups in total. The molecule has 1 rings (SSSR count). The predicted molar refractivity (Wildman–Crippen MR) is 59.4 cm³/mol. The Labute approximate surface area is 84.6 Å². The van der Waals surface area contributed by atoms with Crippen LogP contribution in [0.2, 0.25) is 0 Å². The number of benzene rings is 1. The molecule has 3 heteroatoms. The molecule has 3 nitrogen and oxygen atoms in total. The average Bonchev–Trinajstić information content (AvgIpc) is 2.16. The summed E-state index contributed by atoms with van der Waals surface area (Å²) in [5.74, 6) is 0. The van der Waals surface area contributed by atoms with Crippen LogP contribution in [0.4, 0.5) is 5.69 Å². The summed E-state index contributed by atoms with van der Waals surface area (Å²) in [5.41, 5.74) is 9.66. The van der Waals surface area contributed by atoms with Crippen LogP contribution in [0, 0.1) is 6.92 Å². The first kappa shape index (κ1) is 10.6. The van der Waals surface area contributed by atoms with Crippen LogP contribution in [0.15, 0.2) is 23.4 Å². The molecule has 1 aromatic carbocycles. The zero-order chi connectivity index (χ0) is 10.6. The molecule has 0 saturated heterocycles. The zero-order valence-corrected chi connectivity index (χ0v) is 8.87. The Hall–Kier alpha value is -1.51. The van der Waals surface area contributed by atoms with Gasteiger partial charge >= 0.3 is 0 Å². The molecule has 0 aliphatic heterocycles. The van der Waals surface area contributed by atoms with Crippen molar-refractivity contribution in [1.82, 2.24) is 0 Å². The van der Waals surface area contributed by atoms with E-state index in [0.29, 0.717) is 0 Å². The van der Waals surface area contributed by atoms with E-state index in [4.69, 9.17) is 10.6 Å². The van der Waals surface area contributed by atoms with E-state index in [1.54, 1.807) is 7.11 Å². The largest absolute Gasteiger partial charge is 0.399 e. The number of nitrogens with two attached hydrogens (primary N) is 1. The molecule has 0 radical (unpaired) electrons. The van der Waals surface area contributed by atoms with Crippen LogP contribution in [-0.2, 0) is 4.84 Å². The van der Waals surface area contributed by atoms with E-state index in [0.717, 1.165) is 28.9 Å². The van der Waals surface area contributed by atoms with Gasteiger partial charge < -0.3 is 10.6 Å². The van der Waals surface area contributed by atoms with E-state index >= 15 is 0 Å². The maximum absolute atomic E-state index is 5.89. The Kier molecular flexibility index (Phi) is 3.51. The summed E-state index contributed by atoms with van der Waals surface area (Å²) in [6, 6.07) is 5.84. The van der Waals surface area contributed by atoms with Crippen molar-refractivity contribution in [2.24, 2.45) is 5.16 Å². The molecule has 0 saturated carbocycles. The second-order valence-electron chi connectivity index (χ2n) is 3.11. The lowest BCUT2D eigenvalue weighted by Crippen LogP contribution is -2.06. The number of aryl methyl sites for hydroxylation is 1. The summed E-state index contributed by atoms with van der Waals surface area (Å²) >= 11 is 0. The highest BCUT2D eigenvalue weighted by Gasteiger charge is 2.08. The van der Waals surface area contributed by atoms with Crippen molar-refractivity contribution in [2.75, 3.05) is 12.8 Å². The highest BCUT2D eigenvalue weighted by Crippen LogP contribution is 2.18. The highest BCUT2D eigenvalue weighted by atomic mass is 16.6. The summed E-state index contributed by atoms with van der Waals surface area (Å²) in [7, 11) is 1.55. The molecule has 0 amide bonds. The van der Waals surface area contributed by atoms with Crippen LogP contribution >= 0.6 is 0 Å². The molecule has 0 aliphatic rings. The van der Waals surface area contributed by atoms with Gasteiger partial charge in [0.25, 0.3) is 0 Å². The monoisotopic (exact) mass is 192 g/mol. The summed E-state index contributed by atoms with van der Waals surface area (Å²) in [5, 5.41) is 3.97. The van der Waals surface area contributed by atoms with Crippen molar-refractivity contribution in [3.63, 3.8) is 0 Å². The molecule has 0 heterocycles. The predicted octanol–water partition coefficient (Wildman–Crippen LogP) is 2.34. The number of nitrogens with zero attached hydrogens (tertiary/aromatic N) is 1. The van der Waals surface area contributed by atoms with Crippen molar-refractivity contribution in [3.8, 4) is 0 Å². The SMILES string of the molecule is CC/C(=N\OC)c1c(C)cccc1N. The molecule has 0 fully saturated rings. The summed E-state index contributed by atoms with van der Waals surface area (Å²) < 4.78 is 0. The van der Waals surface area contributed by atoms with Crippen LogP contribution in [0.5, 0.6) is 0 Å². The molecular formula is C11H16N2O. The van der Waals surface area contributed by atoms with E-state index in [2.05, 4.69) is 5.16 Å². The van der Waals surface area contributed by atoms with Gasteiger partial charge in [-0.3, -0.25) is 0 Å². The van der Waals surface area contributed by atoms with Gasteiger partial charge in [-0.05, 0) is 25.0 Å². The van der Waals surface area contributed by atoms with Crippen LogP contribution in [0.25, 0.3) is 0 Å². The first-order chi connectivity index (χ1) is 6.70. The van der Waals surface area contributed by atoms with Crippen molar-refractivity contribution in [1.29, 1.82) is 0 Å². The Morgan fingerprint density at radius 3 is 2.71 bits per heavy atom. The maximum atomic E-state index is 5.89. The highest BCUT2D eigenvalue weighted by molar-refractivity contribution is 6.05. The van der Waals surface area contributed by atoms with E-state index in [1.807, 2.05) is 32.0 Å². The van der Waals surface area contributed by atoms with Crippen molar-refractivity contribution in [2.45, 2.75) is 20.3 Å². The fourth-order valence-corrected chi connectivity index (χ4v) is 1.48. The Morgan fingerprint density at radius 1 is 1.50 bits per heavy atom. The lowest BCUT2D eigenvalue weighted by atomic mass is 10.0. The molecule has 0 unspecified atom stereocenters. The summed E-state index contributed by atoms with van der Waals surface area (Å²) in [4.78, 5) is 4.79. The molecule has 1 aromatic rings. The molecule has 0 aliphatic carbocycles. The third-order valence-electron chi connectivity index (χ3n) is 2.13. The van der Waals surface area contributed by atoms with Gasteiger partial charge in [-0.15, -0.1) is 0 Å². The smallest absolute Gasteiger partial charge is 0.106 e. The minimum Gasteiger partial charge on any atom is -0.399 e. The minimum atomic E-state index is 0.752. The van der Waals surface area contributed by atoms with Gasteiger partial charge in [0.05, 0.1) is 5.71 Å². The van der Waals surface area contributed by atoms with Crippen molar-refractivity contribution >= 4 is 11.4 Å². The van der Waals surface area contributed by atoms with Gasteiger partial charge in [0, 0.05) is 11.3 Å². The number of nitrogen functional groups attached to an aromatic ring is 1. The molecule has 76 valence electrons. The summed E-state index contributed by atoms with van der Waals surface area (Å²) in [6.07, 6.45) is 0.808. The Bertz CT molecular complexity index is 325. The lowest BCUT2D eigenvalue weighted by Gasteiger charge is -2.09. The van der Waals surface area contributed by atoms with E-state index < -0.39 is 0 Å². The van der Waals surface area contributed by atoms with E-state index in [-0.39, 0.29) is 0 Å². The maximum Gasteiger partial charge on any atom is 0.106 e. The molecule has 0 atom stereocenters. The zero-order valence-electron chi connectivity index (χ0n) is 8.87. The van der Waals surface area contributed by atoms with Crippen LogP contribution in [0.1, 0.15) is 24.5 Å². The number of oxime groups is 1. The molecular weight excluding hydrogens is 176 g/mol. The fraction of sp³-hybridized carbons (Fsp3) is 0.364. The average molecular weight is 192 g/mol. The third-order valence-corrected chi connectivity index (χ3v) is 2.13. The second kappa shape index (κ2) is 4.65. The first-order valence-electron chi connectivity index (χ1n) is 4.66. The van der Waals surface area contributed by atoms with E-state index in [9.17, 15) is 0 Å². The van der Waals surface area contributed by atoms with Gasteiger partial charge in [0.1, 0.15) is 7.11 Å². The number of rotatable bonds is 3. The molecule has 0 spiro atoms. The second-order valence-corrected chi connectivity index (χ2v) is 3.11. The summed E-state index contributed by atoms with van der Waals surface area (Å²) in [6.45, 7) is 4.05. The Balaban J connectivity index is 3.22. The van der Waals surface area contributed by atoms with Crippen molar-refractivity contribution < 1.29 is 4.84 Å². The quantitative estimate of drug-likeness (QED) is 0.454. The third kappa shape index (κ3) is 2.05. The van der Waals surface area contributed by atoms with Gasteiger partial charge in [-0.25, -0.2) is 0 Å². The van der Waals surface area contributed by atoms with Crippen LogP contribution < -0.4 is 5.73 Å². The van der Waals surface area contributed by atoms with Crippen LogP contribution in [0.3, 0.4) is 0 Å². The number of anilines is 1. The molecule has 0 bridgehead atoms. The molecule has 0 aromatic heterocycles. The molecule has 14 heavy (non-hydrogen) atoms. The van der Waals surface area contributed by atoms with Gasteiger partial charge in [0.15, 0.2) is 0 Å². The lowest BCUT2D eigenvalue weighted by molar-refractivity contribution is 0.213.